The molecule has 1 aliphatic heterocycles. The number of rotatable bonds is 19. The Hall–Kier alpha value is -4.93. The van der Waals surface area contributed by atoms with Crippen molar-refractivity contribution in [2.24, 2.45) is 7.05 Å². The van der Waals surface area contributed by atoms with E-state index < -0.39 is 44.6 Å². The van der Waals surface area contributed by atoms with Crippen molar-refractivity contribution in [3.8, 4) is 17.1 Å². The van der Waals surface area contributed by atoms with E-state index in [0.717, 1.165) is 6.42 Å². The van der Waals surface area contributed by atoms with Crippen molar-refractivity contribution in [1.29, 1.82) is 0 Å². The van der Waals surface area contributed by atoms with Gasteiger partial charge >= 0.3 is 5.97 Å². The van der Waals surface area contributed by atoms with E-state index in [1.54, 1.807) is 20.0 Å². The van der Waals surface area contributed by atoms with E-state index in [0.29, 0.717) is 60.7 Å². The predicted molar refractivity (Wildman–Crippen MR) is 171 cm³/mol. The third kappa shape index (κ3) is 9.61. The number of H-pyrrole nitrogens is 1. The second-order valence-corrected chi connectivity index (χ2v) is 12.8. The Morgan fingerprint density at radius 3 is 2.42 bits per heavy atom. The number of ether oxygens (including phenoxy) is 3. The number of nitrogens with zero attached hydrogens (tertiary/aromatic N) is 7. The molecule has 0 atom stereocenters. The number of benzene rings is 1. The summed E-state index contributed by atoms with van der Waals surface area (Å²) < 4.78 is 46.2. The smallest absolute Gasteiger partial charge is 0.308 e. The molecule has 50 heavy (non-hydrogen) atoms. The van der Waals surface area contributed by atoms with Crippen LogP contribution in [0.5, 0.6) is 5.75 Å². The van der Waals surface area contributed by atoms with Gasteiger partial charge in [-0.3, -0.25) is 28.8 Å². The van der Waals surface area contributed by atoms with Crippen molar-refractivity contribution >= 4 is 27.0 Å². The fourth-order valence-corrected chi connectivity index (χ4v) is 6.67. The van der Waals surface area contributed by atoms with Gasteiger partial charge in [0.15, 0.2) is 5.52 Å². The number of hydrogen-bond acceptors (Lipinski definition) is 16. The Bertz CT molecular complexity index is 1820. The summed E-state index contributed by atoms with van der Waals surface area (Å²) in [5.74, 6) is -0.117. The van der Waals surface area contributed by atoms with Gasteiger partial charge in [-0.25, -0.2) is 13.4 Å². The number of hydrogen-bond donors (Lipinski definition) is 1. The van der Waals surface area contributed by atoms with Gasteiger partial charge in [0.1, 0.15) is 23.7 Å². The quantitative estimate of drug-likeness (QED) is 0.0586. The molecule has 1 fully saturated rings. The maximum Gasteiger partial charge on any atom is 0.308 e. The largest absolute Gasteiger partial charge is 0.493 e. The standard InChI is InChI=1S/C28H38N8O13S/c1-4-6-21-25-26(32(3)31-21)28(38)30-27(29-25)20-17-19(7-8-22(20)46-5-2)50(43,44)34-12-10-33(11-13-34)14-16-47-23(37)9-15-45-18-24(48-35(39)40)49-36(41)42/h7-8,17,24H,4-6,9-16,18H2,1-3H3,(H,29,30,38). The number of sulfonamides is 1. The van der Waals surface area contributed by atoms with Crippen molar-refractivity contribution in [2.75, 3.05) is 59.2 Å². The van der Waals surface area contributed by atoms with Crippen LogP contribution in [0.4, 0.5) is 0 Å². The lowest BCUT2D eigenvalue weighted by Crippen LogP contribution is -2.49. The number of esters is 1. The molecule has 3 heterocycles. The highest BCUT2D eigenvalue weighted by Crippen LogP contribution is 2.32. The predicted octanol–water partition coefficient (Wildman–Crippen LogP) is 0.674. The van der Waals surface area contributed by atoms with Crippen LogP contribution in [0.3, 0.4) is 0 Å². The maximum absolute atomic E-state index is 13.7. The van der Waals surface area contributed by atoms with Crippen LogP contribution in [0, 0.1) is 20.2 Å². The van der Waals surface area contributed by atoms with Gasteiger partial charge in [-0.2, -0.15) is 9.40 Å². The van der Waals surface area contributed by atoms with Gasteiger partial charge in [0.25, 0.3) is 22.0 Å². The van der Waals surface area contributed by atoms with E-state index in [2.05, 4.69) is 24.7 Å². The average Bonchev–Trinajstić information content (AvgIpc) is 3.38. The van der Waals surface area contributed by atoms with Gasteiger partial charge in [0.2, 0.25) is 10.0 Å². The normalized spacial score (nSPS) is 14.2. The van der Waals surface area contributed by atoms with Gasteiger partial charge < -0.3 is 19.2 Å². The molecule has 3 aromatic rings. The molecule has 0 bridgehead atoms. The summed E-state index contributed by atoms with van der Waals surface area (Å²) in [6.07, 6.45) is -0.735. The van der Waals surface area contributed by atoms with Crippen LogP contribution in [0.25, 0.3) is 22.4 Å². The zero-order valence-corrected chi connectivity index (χ0v) is 28.5. The molecule has 0 unspecified atom stereocenters. The van der Waals surface area contributed by atoms with Crippen LogP contribution < -0.4 is 10.3 Å². The Labute approximate surface area is 285 Å². The van der Waals surface area contributed by atoms with Crippen LogP contribution in [-0.4, -0.2) is 119 Å². The number of nitrogens with one attached hydrogen (secondary N) is 1. The lowest BCUT2D eigenvalue weighted by molar-refractivity contribution is -0.851. The fraction of sp³-hybridized carbons (Fsp3) is 0.571. The lowest BCUT2D eigenvalue weighted by Gasteiger charge is -2.33. The van der Waals surface area contributed by atoms with E-state index in [1.807, 2.05) is 11.8 Å². The van der Waals surface area contributed by atoms with Gasteiger partial charge in [-0.05, 0) is 31.5 Å². The minimum atomic E-state index is -3.96. The van der Waals surface area contributed by atoms with Crippen LogP contribution in [-0.2, 0) is 47.4 Å². The van der Waals surface area contributed by atoms with E-state index >= 15 is 0 Å². The molecule has 21 nitrogen and oxygen atoms in total. The molecule has 0 radical (unpaired) electrons. The highest BCUT2D eigenvalue weighted by Gasteiger charge is 2.30. The molecule has 1 aromatic carbocycles. The third-order valence-corrected chi connectivity index (χ3v) is 9.40. The van der Waals surface area contributed by atoms with Gasteiger partial charge in [-0.15, -0.1) is 20.2 Å². The van der Waals surface area contributed by atoms with E-state index in [-0.39, 0.29) is 43.4 Å². The van der Waals surface area contributed by atoms with E-state index in [9.17, 15) is 38.2 Å². The van der Waals surface area contributed by atoms with Gasteiger partial charge in [-0.1, -0.05) is 13.3 Å². The number of aromatic nitrogens is 4. The minimum absolute atomic E-state index is 0.00414. The summed E-state index contributed by atoms with van der Waals surface area (Å²) in [5.41, 5.74) is 1.34. The fourth-order valence-electron chi connectivity index (χ4n) is 5.23. The second kappa shape index (κ2) is 17.1. The van der Waals surface area contributed by atoms with Crippen LogP contribution in [0.15, 0.2) is 27.9 Å². The molecule has 2 aromatic heterocycles. The Morgan fingerprint density at radius 1 is 1.08 bits per heavy atom. The monoisotopic (exact) mass is 726 g/mol. The minimum Gasteiger partial charge on any atom is -0.493 e. The molecule has 274 valence electrons. The first-order chi connectivity index (χ1) is 23.8. The molecular formula is C28H38N8O13S. The molecule has 0 amide bonds. The number of aromatic amines is 1. The highest BCUT2D eigenvalue weighted by molar-refractivity contribution is 7.89. The molecule has 1 aliphatic rings. The molecule has 4 rings (SSSR count). The number of carbonyl (C=O) groups is 1. The summed E-state index contributed by atoms with van der Waals surface area (Å²) in [6.45, 7) is 4.57. The molecular weight excluding hydrogens is 688 g/mol. The van der Waals surface area contributed by atoms with Crippen LogP contribution in [0.1, 0.15) is 32.4 Å². The van der Waals surface area contributed by atoms with Gasteiger partial charge in [0, 0.05) is 39.8 Å². The van der Waals surface area contributed by atoms with E-state index in [1.165, 1.54) is 21.1 Å². The zero-order chi connectivity index (χ0) is 36.4. The number of piperazine rings is 1. The van der Waals surface area contributed by atoms with Crippen molar-refractivity contribution in [1.82, 2.24) is 29.0 Å². The molecule has 0 spiro atoms. The van der Waals surface area contributed by atoms with Crippen LogP contribution >= 0.6 is 0 Å². The first-order valence-corrected chi connectivity index (χ1v) is 17.1. The molecule has 0 aliphatic carbocycles. The molecule has 1 N–H and O–H groups in total. The van der Waals surface area contributed by atoms with Crippen LogP contribution in [0.2, 0.25) is 0 Å². The Morgan fingerprint density at radius 2 is 1.78 bits per heavy atom. The number of carbonyl (C=O) groups excluding carboxylic acids is 1. The Balaban J connectivity index is 1.33. The van der Waals surface area contributed by atoms with Crippen molar-refractivity contribution in [3.05, 3.63) is 54.5 Å². The lowest BCUT2D eigenvalue weighted by atomic mass is 10.1. The molecule has 1 saturated heterocycles. The van der Waals surface area contributed by atoms with Crippen molar-refractivity contribution in [2.45, 2.75) is 44.3 Å². The second-order valence-electron chi connectivity index (χ2n) is 10.9. The van der Waals surface area contributed by atoms with E-state index in [4.69, 9.17) is 14.2 Å². The summed E-state index contributed by atoms with van der Waals surface area (Å²) >= 11 is 0. The van der Waals surface area contributed by atoms with Gasteiger partial charge in [0.05, 0.1) is 42.4 Å². The maximum atomic E-state index is 13.7. The zero-order valence-electron chi connectivity index (χ0n) is 27.6. The first-order valence-electron chi connectivity index (χ1n) is 15.6. The third-order valence-electron chi connectivity index (χ3n) is 7.51. The first kappa shape index (κ1) is 37.9. The topological polar surface area (TPSA) is 254 Å². The molecule has 22 heteroatoms. The van der Waals surface area contributed by atoms with Crippen molar-refractivity contribution in [3.63, 3.8) is 0 Å². The number of fused-ring (bicyclic) bond motifs is 1. The Kier molecular flexibility index (Phi) is 13.0. The summed E-state index contributed by atoms with van der Waals surface area (Å²) in [5, 5.41) is 22.6. The average molecular weight is 727 g/mol. The van der Waals surface area contributed by atoms with Crippen molar-refractivity contribution < 1.29 is 47.3 Å². The number of aryl methyl sites for hydroxylation is 2. The summed E-state index contributed by atoms with van der Waals surface area (Å²) in [6, 6.07) is 4.44. The molecule has 0 saturated carbocycles. The summed E-state index contributed by atoms with van der Waals surface area (Å²) in [4.78, 5) is 63.2. The summed E-state index contributed by atoms with van der Waals surface area (Å²) in [7, 11) is -2.29. The SMILES string of the molecule is CCCc1nn(C)c2c(=O)[nH]c(-c3cc(S(=O)(=O)N4CCN(CCOC(=O)CCOCC(O[N+](=O)[O-])O[N+](=O)[O-])CC4)ccc3OCC)nc12. The highest BCUT2D eigenvalue weighted by atomic mass is 32.2.